The summed E-state index contributed by atoms with van der Waals surface area (Å²) in [6.45, 7) is 3.46. The molecule has 1 aromatic carbocycles. The molecule has 0 bridgehead atoms. The van der Waals surface area contributed by atoms with Gasteiger partial charge in [-0.25, -0.2) is 22.8 Å². The van der Waals surface area contributed by atoms with E-state index in [0.717, 1.165) is 22.2 Å². The van der Waals surface area contributed by atoms with Crippen molar-refractivity contribution in [2.75, 3.05) is 15.8 Å². The maximum absolute atomic E-state index is 14.7. The third-order valence-electron chi connectivity index (χ3n) is 5.22. The van der Waals surface area contributed by atoms with Crippen LogP contribution in [0.3, 0.4) is 0 Å². The highest BCUT2D eigenvalue weighted by atomic mass is 32.2. The molecule has 172 valence electrons. The highest BCUT2D eigenvalue weighted by Crippen LogP contribution is 2.23. The number of halogens is 2. The number of sulfonamides is 1. The Kier molecular flexibility index (Phi) is 6.28. The number of nitrogens with one attached hydrogen (secondary N) is 3. The Hall–Kier alpha value is -3.53. The van der Waals surface area contributed by atoms with Gasteiger partial charge in [0.15, 0.2) is 0 Å². The first kappa shape index (κ1) is 22.7. The van der Waals surface area contributed by atoms with Gasteiger partial charge in [0, 0.05) is 47.6 Å². The third kappa shape index (κ3) is 5.28. The summed E-state index contributed by atoms with van der Waals surface area (Å²) >= 11 is 0. The van der Waals surface area contributed by atoms with Crippen LogP contribution < -0.4 is 10.0 Å². The van der Waals surface area contributed by atoms with Gasteiger partial charge in [0.1, 0.15) is 17.3 Å². The summed E-state index contributed by atoms with van der Waals surface area (Å²) in [5, 5.41) is 3.82. The molecule has 4 aromatic rings. The van der Waals surface area contributed by atoms with Gasteiger partial charge in [0.2, 0.25) is 16.0 Å². The maximum atomic E-state index is 14.7. The Morgan fingerprint density at radius 1 is 1.06 bits per heavy atom. The van der Waals surface area contributed by atoms with E-state index in [0.29, 0.717) is 12.0 Å². The zero-order chi connectivity index (χ0) is 23.6. The molecule has 0 spiro atoms. The molecule has 4 rings (SSSR count). The van der Waals surface area contributed by atoms with Crippen molar-refractivity contribution in [3.63, 3.8) is 0 Å². The average Bonchev–Trinajstić information content (AvgIpc) is 3.17. The van der Waals surface area contributed by atoms with Gasteiger partial charge < -0.3 is 10.3 Å². The molecule has 3 N–H and O–H groups in total. The zero-order valence-corrected chi connectivity index (χ0v) is 18.9. The lowest BCUT2D eigenvalue weighted by atomic mass is 10.1. The quantitative estimate of drug-likeness (QED) is 0.329. The van der Waals surface area contributed by atoms with Crippen LogP contribution in [0.5, 0.6) is 0 Å². The normalized spacial score (nSPS) is 11.6. The summed E-state index contributed by atoms with van der Waals surface area (Å²) in [6.07, 6.45) is 3.92. The molecule has 0 aliphatic carbocycles. The number of rotatable bonds is 8. The van der Waals surface area contributed by atoms with Crippen molar-refractivity contribution in [2.45, 2.75) is 26.8 Å². The molecule has 10 heteroatoms. The smallest absolute Gasteiger partial charge is 0.232 e. The average molecular weight is 472 g/mol. The maximum Gasteiger partial charge on any atom is 0.232 e. The van der Waals surface area contributed by atoms with Crippen molar-refractivity contribution < 1.29 is 17.2 Å². The summed E-state index contributed by atoms with van der Waals surface area (Å²) in [5.41, 5.74) is 3.57. The number of aromatic amines is 1. The first-order valence-corrected chi connectivity index (χ1v) is 12.0. The highest BCUT2D eigenvalue weighted by Gasteiger charge is 2.12. The number of pyridine rings is 2. The molecule has 3 aromatic heterocycles. The molecule has 0 fully saturated rings. The molecule has 0 atom stereocenters. The van der Waals surface area contributed by atoms with E-state index in [4.69, 9.17) is 0 Å². The number of fused-ring (bicyclic) bond motifs is 1. The van der Waals surface area contributed by atoms with E-state index in [-0.39, 0.29) is 29.4 Å². The van der Waals surface area contributed by atoms with Crippen molar-refractivity contribution in [3.05, 3.63) is 82.8 Å². The van der Waals surface area contributed by atoms with Gasteiger partial charge >= 0.3 is 0 Å². The van der Waals surface area contributed by atoms with Crippen LogP contribution in [-0.2, 0) is 23.0 Å². The third-order valence-corrected chi connectivity index (χ3v) is 6.53. The Morgan fingerprint density at radius 3 is 2.64 bits per heavy atom. The minimum atomic E-state index is -3.48. The standard InChI is InChI=1S/C23H23F2N5O2S/c1-3-33(31,32)30-18-5-6-20(24)17(10-18)13-26-21-7-4-15(22(25)29-21)9-16-12-28-23-19(16)8-14(2)11-27-23/h4-8,10-12,30H,3,9,13H2,1-2H3,(H,26,29)(H,27,28). The Balaban J connectivity index is 1.47. The molecular weight excluding hydrogens is 448 g/mol. The Labute approximate surface area is 190 Å². The number of hydrogen-bond donors (Lipinski definition) is 3. The van der Waals surface area contributed by atoms with Gasteiger partial charge in [0.05, 0.1) is 5.75 Å². The largest absolute Gasteiger partial charge is 0.366 e. The lowest BCUT2D eigenvalue weighted by Crippen LogP contribution is -2.15. The predicted octanol–water partition coefficient (Wildman–Crippen LogP) is 4.51. The fourth-order valence-electron chi connectivity index (χ4n) is 3.42. The predicted molar refractivity (Wildman–Crippen MR) is 125 cm³/mol. The van der Waals surface area contributed by atoms with Gasteiger partial charge in [-0.3, -0.25) is 4.72 Å². The van der Waals surface area contributed by atoms with Gasteiger partial charge in [0.25, 0.3) is 0 Å². The lowest BCUT2D eigenvalue weighted by Gasteiger charge is -2.11. The van der Waals surface area contributed by atoms with Crippen LogP contribution in [0.1, 0.15) is 29.2 Å². The number of nitrogens with zero attached hydrogens (tertiary/aromatic N) is 2. The summed E-state index contributed by atoms with van der Waals surface area (Å²) in [4.78, 5) is 11.4. The minimum absolute atomic E-state index is 0.00665. The fraction of sp³-hybridized carbons (Fsp3) is 0.217. The minimum Gasteiger partial charge on any atom is -0.366 e. The summed E-state index contributed by atoms with van der Waals surface area (Å²) < 4.78 is 54.7. The highest BCUT2D eigenvalue weighted by molar-refractivity contribution is 7.92. The second-order valence-corrected chi connectivity index (χ2v) is 9.72. The molecule has 3 heterocycles. The summed E-state index contributed by atoms with van der Waals surface area (Å²) in [7, 11) is -3.48. The molecule has 7 nitrogen and oxygen atoms in total. The van der Waals surface area contributed by atoms with Crippen LogP contribution in [0.4, 0.5) is 20.3 Å². The first-order valence-electron chi connectivity index (χ1n) is 10.3. The van der Waals surface area contributed by atoms with Gasteiger partial charge in [-0.1, -0.05) is 6.07 Å². The van der Waals surface area contributed by atoms with Crippen molar-refractivity contribution in [3.8, 4) is 0 Å². The van der Waals surface area contributed by atoms with E-state index >= 15 is 0 Å². The van der Waals surface area contributed by atoms with Crippen molar-refractivity contribution >= 4 is 32.6 Å². The van der Waals surface area contributed by atoms with E-state index in [9.17, 15) is 17.2 Å². The van der Waals surface area contributed by atoms with Crippen molar-refractivity contribution in [1.29, 1.82) is 0 Å². The Morgan fingerprint density at radius 2 is 1.88 bits per heavy atom. The van der Waals surface area contributed by atoms with Crippen LogP contribution in [0.25, 0.3) is 11.0 Å². The van der Waals surface area contributed by atoms with Gasteiger partial charge in [-0.15, -0.1) is 0 Å². The van der Waals surface area contributed by atoms with E-state index in [1.165, 1.54) is 25.1 Å². The van der Waals surface area contributed by atoms with Crippen molar-refractivity contribution in [2.24, 2.45) is 0 Å². The molecule has 0 amide bonds. The molecule has 0 radical (unpaired) electrons. The van der Waals surface area contributed by atoms with Crippen LogP contribution >= 0.6 is 0 Å². The first-order chi connectivity index (χ1) is 15.7. The number of aryl methyl sites for hydroxylation is 1. The van der Waals surface area contributed by atoms with E-state index in [1.807, 2.05) is 19.2 Å². The zero-order valence-electron chi connectivity index (χ0n) is 18.1. The molecule has 33 heavy (non-hydrogen) atoms. The van der Waals surface area contributed by atoms with Crippen molar-refractivity contribution in [1.82, 2.24) is 15.0 Å². The van der Waals surface area contributed by atoms with Crippen LogP contribution in [0, 0.1) is 18.7 Å². The number of H-pyrrole nitrogens is 1. The number of hydrogen-bond acceptors (Lipinski definition) is 5. The van der Waals surface area contributed by atoms with Crippen LogP contribution in [-0.4, -0.2) is 29.1 Å². The molecule has 0 unspecified atom stereocenters. The van der Waals surface area contributed by atoms with E-state index in [2.05, 4.69) is 25.0 Å². The molecular formula is C23H23F2N5O2S. The summed E-state index contributed by atoms with van der Waals surface area (Å²) in [6, 6.07) is 9.18. The van der Waals surface area contributed by atoms with Crippen LogP contribution in [0.15, 0.2) is 48.8 Å². The molecule has 0 aliphatic heterocycles. The number of benzene rings is 1. The summed E-state index contributed by atoms with van der Waals surface area (Å²) in [5.74, 6) is -0.990. The SMILES string of the molecule is CCS(=O)(=O)Nc1ccc(F)c(CNc2ccc(Cc3c[nH]c4ncc(C)cc34)c(F)n2)c1. The molecule has 0 saturated heterocycles. The van der Waals surface area contributed by atoms with Crippen LogP contribution in [0.2, 0.25) is 0 Å². The lowest BCUT2D eigenvalue weighted by molar-refractivity contribution is 0.571. The van der Waals surface area contributed by atoms with Gasteiger partial charge in [-0.05, 0) is 55.3 Å². The Bertz CT molecular complexity index is 1420. The second-order valence-electron chi connectivity index (χ2n) is 7.71. The van der Waals surface area contributed by atoms with Gasteiger partial charge in [-0.2, -0.15) is 4.39 Å². The second kappa shape index (κ2) is 9.14. The topological polar surface area (TPSA) is 99.8 Å². The molecule has 0 aliphatic rings. The fourth-order valence-corrected chi connectivity index (χ4v) is 4.05. The van der Waals surface area contributed by atoms with E-state index < -0.39 is 21.8 Å². The number of anilines is 2. The monoisotopic (exact) mass is 471 g/mol. The van der Waals surface area contributed by atoms with E-state index in [1.54, 1.807) is 18.3 Å². The molecule has 0 saturated carbocycles. The number of aromatic nitrogens is 3.